The van der Waals surface area contributed by atoms with E-state index in [1.54, 1.807) is 12.1 Å². The number of Topliss-reactive ketones (excluding diaryl/α,β-unsaturated/α-hetero) is 1. The Kier molecular flexibility index (Phi) is 7.19. The van der Waals surface area contributed by atoms with E-state index in [1.165, 1.54) is 44.2 Å². The summed E-state index contributed by atoms with van der Waals surface area (Å²) in [6.07, 6.45) is 0.0572. The highest BCUT2D eigenvalue weighted by Gasteiger charge is 2.24. The Morgan fingerprint density at radius 2 is 1.79 bits per heavy atom. The third-order valence-corrected chi connectivity index (χ3v) is 4.31. The standard InChI is InChI=1S/C21H22N2O6/c1-4-6-19(24)22-16-11-9-15(10-12-16)20(25)14(3)29-21(26)17-7-5-8-18(13(17)2)23(27)28/h5,7-12,14H,4,6H2,1-3H3,(H,22,24). The number of hydrogen-bond donors (Lipinski definition) is 1. The third kappa shape index (κ3) is 5.47. The lowest BCUT2D eigenvalue weighted by molar-refractivity contribution is -0.385. The predicted molar refractivity (Wildman–Crippen MR) is 107 cm³/mol. The number of nitrogens with one attached hydrogen (secondary N) is 1. The van der Waals surface area contributed by atoms with Gasteiger partial charge in [0.2, 0.25) is 11.7 Å². The zero-order valence-electron chi connectivity index (χ0n) is 16.4. The van der Waals surface area contributed by atoms with Gasteiger partial charge in [-0.05, 0) is 50.6 Å². The number of carbonyl (C=O) groups excluding carboxylic acids is 3. The molecule has 0 aromatic heterocycles. The van der Waals surface area contributed by atoms with Crippen molar-refractivity contribution < 1.29 is 24.0 Å². The lowest BCUT2D eigenvalue weighted by Gasteiger charge is -2.14. The number of amides is 1. The first kappa shape index (κ1) is 21.7. The monoisotopic (exact) mass is 398 g/mol. The number of nitrogens with zero attached hydrogens (tertiary/aromatic N) is 1. The van der Waals surface area contributed by atoms with Crippen LogP contribution in [0.2, 0.25) is 0 Å². The average Bonchev–Trinajstić information content (AvgIpc) is 2.68. The van der Waals surface area contributed by atoms with Gasteiger partial charge in [0.05, 0.1) is 10.5 Å². The number of carbonyl (C=O) groups is 3. The largest absolute Gasteiger partial charge is 0.451 e. The van der Waals surface area contributed by atoms with Crippen molar-refractivity contribution in [1.29, 1.82) is 0 Å². The highest BCUT2D eigenvalue weighted by atomic mass is 16.6. The van der Waals surface area contributed by atoms with Crippen LogP contribution in [0.1, 0.15) is 53.0 Å². The number of ether oxygens (including phenoxy) is 1. The molecule has 0 radical (unpaired) electrons. The highest BCUT2D eigenvalue weighted by Crippen LogP contribution is 2.22. The summed E-state index contributed by atoms with van der Waals surface area (Å²) in [6, 6.07) is 10.4. The molecular weight excluding hydrogens is 376 g/mol. The molecule has 0 heterocycles. The minimum atomic E-state index is -1.08. The molecule has 8 heteroatoms. The molecule has 0 saturated heterocycles. The summed E-state index contributed by atoms with van der Waals surface area (Å²) < 4.78 is 5.21. The van der Waals surface area contributed by atoms with Crippen LogP contribution in [-0.2, 0) is 9.53 Å². The molecule has 0 fully saturated rings. The molecule has 1 unspecified atom stereocenters. The van der Waals surface area contributed by atoms with Crippen molar-refractivity contribution in [1.82, 2.24) is 0 Å². The van der Waals surface area contributed by atoms with E-state index in [4.69, 9.17) is 4.74 Å². The number of ketones is 1. The Balaban J connectivity index is 2.07. The molecule has 2 aromatic rings. The van der Waals surface area contributed by atoms with Gasteiger partial charge >= 0.3 is 5.97 Å². The molecular formula is C21H22N2O6. The first-order valence-electron chi connectivity index (χ1n) is 9.13. The van der Waals surface area contributed by atoms with Crippen molar-refractivity contribution in [3.8, 4) is 0 Å². The minimum absolute atomic E-state index is 0.0350. The number of benzene rings is 2. The molecule has 0 bridgehead atoms. The number of nitro groups is 1. The minimum Gasteiger partial charge on any atom is -0.451 e. The van der Waals surface area contributed by atoms with E-state index in [0.717, 1.165) is 6.42 Å². The Hall–Kier alpha value is -3.55. The van der Waals surface area contributed by atoms with Crippen molar-refractivity contribution >= 4 is 29.0 Å². The van der Waals surface area contributed by atoms with Crippen molar-refractivity contribution in [2.75, 3.05) is 5.32 Å². The first-order chi connectivity index (χ1) is 13.7. The van der Waals surface area contributed by atoms with Crippen LogP contribution in [-0.4, -0.2) is 28.7 Å². The quantitative estimate of drug-likeness (QED) is 0.310. The molecule has 2 rings (SSSR count). The summed E-state index contributed by atoms with van der Waals surface area (Å²) in [5.74, 6) is -1.34. The SMILES string of the molecule is CCCC(=O)Nc1ccc(C(=O)C(C)OC(=O)c2cccc([N+](=O)[O-])c2C)cc1. The second-order valence-corrected chi connectivity index (χ2v) is 6.49. The van der Waals surface area contributed by atoms with Crippen molar-refractivity contribution in [2.45, 2.75) is 39.7 Å². The summed E-state index contributed by atoms with van der Waals surface area (Å²) in [4.78, 5) is 47.0. The molecule has 0 saturated carbocycles. The van der Waals surface area contributed by atoms with Crippen molar-refractivity contribution in [2.24, 2.45) is 0 Å². The molecule has 1 atom stereocenters. The molecule has 8 nitrogen and oxygen atoms in total. The zero-order valence-corrected chi connectivity index (χ0v) is 16.4. The van der Waals surface area contributed by atoms with Crippen LogP contribution < -0.4 is 5.32 Å². The summed E-state index contributed by atoms with van der Waals surface area (Å²) >= 11 is 0. The molecule has 152 valence electrons. The summed E-state index contributed by atoms with van der Waals surface area (Å²) in [6.45, 7) is 4.79. The van der Waals surface area contributed by atoms with Gasteiger partial charge in [-0.25, -0.2) is 4.79 Å². The normalized spacial score (nSPS) is 11.4. The van der Waals surface area contributed by atoms with E-state index in [9.17, 15) is 24.5 Å². The van der Waals surface area contributed by atoms with Crippen LogP contribution in [0, 0.1) is 17.0 Å². The number of hydrogen-bond acceptors (Lipinski definition) is 6. The van der Waals surface area contributed by atoms with Crippen molar-refractivity contribution in [3.63, 3.8) is 0 Å². The number of rotatable bonds is 8. The fourth-order valence-corrected chi connectivity index (χ4v) is 2.72. The van der Waals surface area contributed by atoms with E-state index in [2.05, 4.69) is 5.32 Å². The van der Waals surface area contributed by atoms with E-state index >= 15 is 0 Å². The summed E-state index contributed by atoms with van der Waals surface area (Å²) in [7, 11) is 0. The van der Waals surface area contributed by atoms with Crippen LogP contribution in [0.25, 0.3) is 0 Å². The fourth-order valence-electron chi connectivity index (χ4n) is 2.72. The fraction of sp³-hybridized carbons (Fsp3) is 0.286. The van der Waals surface area contributed by atoms with Gasteiger partial charge in [-0.15, -0.1) is 0 Å². The smallest absolute Gasteiger partial charge is 0.339 e. The Labute approximate surface area is 168 Å². The maximum absolute atomic E-state index is 12.5. The number of nitro benzene ring substituents is 1. The maximum atomic E-state index is 12.5. The van der Waals surface area contributed by atoms with E-state index in [1.807, 2.05) is 6.92 Å². The van der Waals surface area contributed by atoms with Gasteiger partial charge in [-0.1, -0.05) is 13.0 Å². The van der Waals surface area contributed by atoms with Crippen LogP contribution in [0.3, 0.4) is 0 Å². The molecule has 29 heavy (non-hydrogen) atoms. The topological polar surface area (TPSA) is 116 Å². The van der Waals surface area contributed by atoms with Crippen LogP contribution in [0.4, 0.5) is 11.4 Å². The molecule has 1 amide bonds. The average molecular weight is 398 g/mol. The van der Waals surface area contributed by atoms with Gasteiger partial charge in [0, 0.05) is 29.3 Å². The van der Waals surface area contributed by atoms with Gasteiger partial charge in [0.25, 0.3) is 5.69 Å². The molecule has 2 aromatic carbocycles. The molecule has 0 spiro atoms. The van der Waals surface area contributed by atoms with Crippen LogP contribution >= 0.6 is 0 Å². The van der Waals surface area contributed by atoms with Crippen LogP contribution in [0.5, 0.6) is 0 Å². The lowest BCUT2D eigenvalue weighted by atomic mass is 10.1. The van der Waals surface area contributed by atoms with Gasteiger partial charge in [0.1, 0.15) is 0 Å². The number of anilines is 1. The second-order valence-electron chi connectivity index (χ2n) is 6.49. The van der Waals surface area contributed by atoms with Crippen molar-refractivity contribution in [3.05, 3.63) is 69.3 Å². The second kappa shape index (κ2) is 9.59. The Morgan fingerprint density at radius 1 is 1.14 bits per heavy atom. The summed E-state index contributed by atoms with van der Waals surface area (Å²) in [5, 5.41) is 13.7. The van der Waals surface area contributed by atoms with E-state index in [-0.39, 0.29) is 22.7 Å². The third-order valence-electron chi connectivity index (χ3n) is 4.31. The Bertz CT molecular complexity index is 937. The lowest BCUT2D eigenvalue weighted by Crippen LogP contribution is -2.25. The summed E-state index contributed by atoms with van der Waals surface area (Å²) in [5.41, 5.74) is 0.896. The van der Waals surface area contributed by atoms with Crippen LogP contribution in [0.15, 0.2) is 42.5 Å². The maximum Gasteiger partial charge on any atom is 0.339 e. The van der Waals surface area contributed by atoms with Gasteiger partial charge in [0.15, 0.2) is 6.10 Å². The zero-order chi connectivity index (χ0) is 21.6. The van der Waals surface area contributed by atoms with Gasteiger partial charge < -0.3 is 10.1 Å². The molecule has 0 aliphatic heterocycles. The first-order valence-corrected chi connectivity index (χ1v) is 9.13. The predicted octanol–water partition coefficient (Wildman–Crippen LogP) is 4.07. The Morgan fingerprint density at radius 3 is 2.38 bits per heavy atom. The van der Waals surface area contributed by atoms with Gasteiger partial charge in [-0.3, -0.25) is 19.7 Å². The van der Waals surface area contributed by atoms with E-state index in [0.29, 0.717) is 17.7 Å². The highest BCUT2D eigenvalue weighted by molar-refractivity contribution is 6.02. The number of esters is 1. The van der Waals surface area contributed by atoms with E-state index < -0.39 is 22.8 Å². The molecule has 0 aliphatic carbocycles. The van der Waals surface area contributed by atoms with Gasteiger partial charge in [-0.2, -0.15) is 0 Å². The molecule has 1 N–H and O–H groups in total. The molecule has 0 aliphatic rings.